The summed E-state index contributed by atoms with van der Waals surface area (Å²) in [6.45, 7) is 2.06. The Morgan fingerprint density at radius 1 is 1.09 bits per heavy atom. The lowest BCUT2D eigenvalue weighted by Gasteiger charge is -2.19. The molecule has 1 aromatic carbocycles. The van der Waals surface area contributed by atoms with Crippen LogP contribution in [0.5, 0.6) is 0 Å². The molecular weight excluding hydrogens is 276 g/mol. The topological polar surface area (TPSA) is 38.8 Å². The molecule has 118 valence electrons. The number of esters is 1. The summed E-state index contributed by atoms with van der Waals surface area (Å²) in [4.78, 5) is 13.0. The summed E-state index contributed by atoms with van der Waals surface area (Å²) < 4.78 is 12.0. The average Bonchev–Trinajstić information content (AvgIpc) is 2.89. The first-order chi connectivity index (χ1) is 10.7. The first-order valence-corrected chi connectivity index (χ1v) is 8.65. The fraction of sp³-hybridized carbons (Fsp3) is 0.632. The van der Waals surface area contributed by atoms with Crippen LogP contribution < -0.4 is 0 Å². The number of aryl methyl sites for hydroxylation is 1. The van der Waals surface area contributed by atoms with Crippen LogP contribution in [0.1, 0.15) is 62.5 Å². The second-order valence-electron chi connectivity index (χ2n) is 7.16. The summed E-state index contributed by atoms with van der Waals surface area (Å²) in [6, 6.07) is 8.20. The van der Waals surface area contributed by atoms with E-state index < -0.39 is 5.60 Å². The number of benzene rings is 1. The molecule has 0 aromatic heterocycles. The molecule has 3 nitrogen and oxygen atoms in total. The molecule has 3 aliphatic rings. The van der Waals surface area contributed by atoms with E-state index in [1.807, 2.05) is 12.1 Å². The first kappa shape index (κ1) is 14.3. The van der Waals surface area contributed by atoms with Crippen molar-refractivity contribution in [2.45, 2.75) is 75.6 Å². The van der Waals surface area contributed by atoms with Gasteiger partial charge in [0.15, 0.2) is 0 Å². The van der Waals surface area contributed by atoms with Crippen molar-refractivity contribution >= 4 is 5.97 Å². The van der Waals surface area contributed by atoms with Gasteiger partial charge in [0.05, 0.1) is 0 Å². The predicted molar refractivity (Wildman–Crippen MR) is 83.5 cm³/mol. The lowest BCUT2D eigenvalue weighted by atomic mass is 9.84. The summed E-state index contributed by atoms with van der Waals surface area (Å²) in [5, 5.41) is 0. The molecule has 0 N–H and O–H groups in total. The van der Waals surface area contributed by atoms with Crippen molar-refractivity contribution in [1.82, 2.24) is 0 Å². The van der Waals surface area contributed by atoms with Crippen LogP contribution in [0, 0.1) is 6.92 Å². The van der Waals surface area contributed by atoms with Crippen molar-refractivity contribution in [1.29, 1.82) is 0 Å². The summed E-state index contributed by atoms with van der Waals surface area (Å²) in [7, 11) is 0. The van der Waals surface area contributed by atoms with Gasteiger partial charge in [-0.1, -0.05) is 42.7 Å². The predicted octanol–water partition coefficient (Wildman–Crippen LogP) is 4.02. The van der Waals surface area contributed by atoms with E-state index in [-0.39, 0.29) is 17.7 Å². The molecule has 3 heteroatoms. The average molecular weight is 300 g/mol. The Bertz CT molecular complexity index is 565. The van der Waals surface area contributed by atoms with Gasteiger partial charge in [-0.2, -0.15) is 0 Å². The SMILES string of the molecule is Cc1ccc(C2(C(=O)OC3CCCC3)OC23CCCC3)cc1. The summed E-state index contributed by atoms with van der Waals surface area (Å²) in [6.07, 6.45) is 8.67. The number of carbonyl (C=O) groups excluding carboxylic acids is 1. The van der Waals surface area contributed by atoms with Crippen LogP contribution in [0.2, 0.25) is 0 Å². The molecule has 3 fully saturated rings. The molecule has 0 amide bonds. The van der Waals surface area contributed by atoms with Crippen molar-refractivity contribution < 1.29 is 14.3 Å². The van der Waals surface area contributed by atoms with Crippen LogP contribution in [-0.4, -0.2) is 17.7 Å². The smallest absolute Gasteiger partial charge is 0.346 e. The lowest BCUT2D eigenvalue weighted by Crippen LogP contribution is -2.34. The number of hydrogen-bond donors (Lipinski definition) is 0. The van der Waals surface area contributed by atoms with E-state index in [2.05, 4.69) is 19.1 Å². The van der Waals surface area contributed by atoms with Gasteiger partial charge in [0, 0.05) is 0 Å². The number of carbonyl (C=O) groups is 1. The Morgan fingerprint density at radius 2 is 1.73 bits per heavy atom. The molecule has 1 aliphatic heterocycles. The van der Waals surface area contributed by atoms with Gasteiger partial charge in [0.1, 0.15) is 11.7 Å². The quantitative estimate of drug-likeness (QED) is 0.625. The molecule has 1 unspecified atom stereocenters. The molecule has 2 aliphatic carbocycles. The van der Waals surface area contributed by atoms with Gasteiger partial charge < -0.3 is 9.47 Å². The largest absolute Gasteiger partial charge is 0.460 e. The van der Waals surface area contributed by atoms with Crippen LogP contribution in [0.15, 0.2) is 24.3 Å². The highest BCUT2D eigenvalue weighted by Gasteiger charge is 2.76. The van der Waals surface area contributed by atoms with Gasteiger partial charge >= 0.3 is 5.97 Å². The fourth-order valence-electron chi connectivity index (χ4n) is 4.36. The van der Waals surface area contributed by atoms with E-state index in [0.29, 0.717) is 0 Å². The van der Waals surface area contributed by atoms with E-state index in [0.717, 1.165) is 44.1 Å². The number of epoxide rings is 1. The zero-order chi connectivity index (χ0) is 15.2. The highest BCUT2D eigenvalue weighted by Crippen LogP contribution is 2.64. The van der Waals surface area contributed by atoms with Gasteiger partial charge in [-0.15, -0.1) is 0 Å². The molecule has 1 saturated heterocycles. The fourth-order valence-corrected chi connectivity index (χ4v) is 4.36. The zero-order valence-corrected chi connectivity index (χ0v) is 13.3. The molecule has 4 rings (SSSR count). The van der Waals surface area contributed by atoms with Crippen molar-refractivity contribution in [3.8, 4) is 0 Å². The van der Waals surface area contributed by atoms with Crippen LogP contribution in [0.25, 0.3) is 0 Å². The molecule has 0 bridgehead atoms. The molecular formula is C19H24O3. The third-order valence-electron chi connectivity index (χ3n) is 5.68. The minimum absolute atomic E-state index is 0.0949. The van der Waals surface area contributed by atoms with Gasteiger partial charge in [-0.05, 0) is 51.0 Å². The number of hydrogen-bond acceptors (Lipinski definition) is 3. The van der Waals surface area contributed by atoms with Gasteiger partial charge in [0.2, 0.25) is 5.60 Å². The van der Waals surface area contributed by atoms with Crippen molar-refractivity contribution in [3.63, 3.8) is 0 Å². The molecule has 1 aromatic rings. The molecule has 1 heterocycles. The van der Waals surface area contributed by atoms with Gasteiger partial charge in [-0.25, -0.2) is 4.79 Å². The Hall–Kier alpha value is -1.35. The highest BCUT2D eigenvalue weighted by atomic mass is 16.7. The Kier molecular flexibility index (Phi) is 3.30. The van der Waals surface area contributed by atoms with Crippen LogP contribution >= 0.6 is 0 Å². The molecule has 1 atom stereocenters. The van der Waals surface area contributed by atoms with Crippen molar-refractivity contribution in [3.05, 3.63) is 35.4 Å². The second-order valence-corrected chi connectivity index (χ2v) is 7.16. The van der Waals surface area contributed by atoms with Crippen LogP contribution in [0.3, 0.4) is 0 Å². The van der Waals surface area contributed by atoms with Crippen molar-refractivity contribution in [2.75, 3.05) is 0 Å². The first-order valence-electron chi connectivity index (χ1n) is 8.65. The van der Waals surface area contributed by atoms with E-state index in [1.54, 1.807) is 0 Å². The summed E-state index contributed by atoms with van der Waals surface area (Å²) in [5.74, 6) is -0.148. The highest BCUT2D eigenvalue weighted by molar-refractivity contribution is 5.87. The van der Waals surface area contributed by atoms with Gasteiger partial charge in [-0.3, -0.25) is 0 Å². The second kappa shape index (κ2) is 5.09. The third kappa shape index (κ3) is 2.02. The molecule has 1 spiro atoms. The maximum atomic E-state index is 13.0. The normalized spacial score (nSPS) is 29.9. The van der Waals surface area contributed by atoms with Crippen LogP contribution in [0.4, 0.5) is 0 Å². The zero-order valence-electron chi connectivity index (χ0n) is 13.3. The lowest BCUT2D eigenvalue weighted by molar-refractivity contribution is -0.155. The standard InChI is InChI=1S/C19H24O3/c1-14-8-10-15(11-9-14)19(18(22-19)12-4-5-13-18)17(20)21-16-6-2-3-7-16/h8-11,16H,2-7,12-13H2,1H3. The maximum absolute atomic E-state index is 13.0. The van der Waals surface area contributed by atoms with E-state index in [4.69, 9.17) is 9.47 Å². The van der Waals surface area contributed by atoms with E-state index in [1.165, 1.54) is 18.4 Å². The Morgan fingerprint density at radius 3 is 2.36 bits per heavy atom. The molecule has 22 heavy (non-hydrogen) atoms. The van der Waals surface area contributed by atoms with E-state index in [9.17, 15) is 4.79 Å². The molecule has 2 saturated carbocycles. The summed E-state index contributed by atoms with van der Waals surface area (Å²) in [5.41, 5.74) is 1.05. The maximum Gasteiger partial charge on any atom is 0.346 e. The van der Waals surface area contributed by atoms with E-state index >= 15 is 0 Å². The Labute approximate surface area is 132 Å². The minimum Gasteiger partial charge on any atom is -0.460 e. The van der Waals surface area contributed by atoms with Gasteiger partial charge in [0.25, 0.3) is 0 Å². The minimum atomic E-state index is -0.834. The summed E-state index contributed by atoms with van der Waals surface area (Å²) >= 11 is 0. The Balaban J connectivity index is 1.64. The van der Waals surface area contributed by atoms with Crippen molar-refractivity contribution in [2.24, 2.45) is 0 Å². The van der Waals surface area contributed by atoms with Crippen LogP contribution in [-0.2, 0) is 19.9 Å². The number of rotatable bonds is 3. The molecule has 0 radical (unpaired) electrons. The monoisotopic (exact) mass is 300 g/mol. The third-order valence-corrected chi connectivity index (χ3v) is 5.68. The number of ether oxygens (including phenoxy) is 2.